The number of rotatable bonds is 2. The zero-order chi connectivity index (χ0) is 11.5. The van der Waals surface area contributed by atoms with Crippen LogP contribution in [0.3, 0.4) is 0 Å². The third-order valence-electron chi connectivity index (χ3n) is 2.61. The van der Waals surface area contributed by atoms with Crippen LogP contribution in [-0.4, -0.2) is 35.8 Å². The van der Waals surface area contributed by atoms with Crippen molar-refractivity contribution < 1.29 is 4.74 Å². The Bertz CT molecular complexity index is 379. The number of pyridine rings is 1. The molecule has 0 aromatic carbocycles. The Morgan fingerprint density at radius 3 is 3.00 bits per heavy atom. The molecule has 16 heavy (non-hydrogen) atoms. The van der Waals surface area contributed by atoms with E-state index in [0.717, 1.165) is 25.4 Å². The lowest BCUT2D eigenvalue weighted by molar-refractivity contribution is 0.0532. The van der Waals surface area contributed by atoms with Crippen LogP contribution in [0, 0.1) is 0 Å². The molecule has 0 amide bonds. The fourth-order valence-electron chi connectivity index (χ4n) is 1.77. The maximum Gasteiger partial charge on any atom is 0.122 e. The van der Waals surface area contributed by atoms with Crippen molar-refractivity contribution >= 4 is 22.9 Å². The summed E-state index contributed by atoms with van der Waals surface area (Å²) in [6, 6.07) is 3.86. The van der Waals surface area contributed by atoms with E-state index in [-0.39, 0.29) is 6.10 Å². The molecule has 2 heterocycles. The van der Waals surface area contributed by atoms with Crippen molar-refractivity contribution in [2.45, 2.75) is 13.0 Å². The van der Waals surface area contributed by atoms with E-state index < -0.39 is 0 Å². The maximum atomic E-state index is 5.50. The molecule has 4 nitrogen and oxygen atoms in total. The van der Waals surface area contributed by atoms with Gasteiger partial charge in [-0.2, -0.15) is 0 Å². The van der Waals surface area contributed by atoms with E-state index in [1.54, 1.807) is 0 Å². The molecule has 1 unspecified atom stereocenters. The molecule has 1 aromatic heterocycles. The summed E-state index contributed by atoms with van der Waals surface area (Å²) in [5, 5.41) is 0. The molecule has 1 aliphatic rings. The van der Waals surface area contributed by atoms with Crippen molar-refractivity contribution in [3.63, 3.8) is 0 Å². The molecule has 1 aromatic rings. The van der Waals surface area contributed by atoms with Gasteiger partial charge in [0.1, 0.15) is 4.99 Å². The lowest BCUT2D eigenvalue weighted by atomic mass is 10.2. The van der Waals surface area contributed by atoms with Crippen LogP contribution in [0.15, 0.2) is 18.3 Å². The highest BCUT2D eigenvalue weighted by atomic mass is 32.1. The molecule has 1 saturated heterocycles. The number of aromatic nitrogens is 1. The molecular formula is C11H15N3OS. The van der Waals surface area contributed by atoms with Gasteiger partial charge in [-0.1, -0.05) is 12.2 Å². The summed E-state index contributed by atoms with van der Waals surface area (Å²) in [4.78, 5) is 6.82. The second kappa shape index (κ2) is 4.76. The van der Waals surface area contributed by atoms with E-state index in [1.807, 2.05) is 18.3 Å². The number of anilines is 1. The predicted molar refractivity (Wildman–Crippen MR) is 67.8 cm³/mol. The summed E-state index contributed by atoms with van der Waals surface area (Å²) in [6.07, 6.45) is 2.08. The number of nitrogens with two attached hydrogens (primary N) is 1. The number of hydrogen-bond acceptors (Lipinski definition) is 4. The zero-order valence-corrected chi connectivity index (χ0v) is 10.0. The van der Waals surface area contributed by atoms with Crippen LogP contribution in [-0.2, 0) is 4.74 Å². The average molecular weight is 237 g/mol. The minimum Gasteiger partial charge on any atom is -0.388 e. The zero-order valence-electron chi connectivity index (χ0n) is 9.22. The number of hydrogen-bond donors (Lipinski definition) is 1. The first-order valence-electron chi connectivity index (χ1n) is 5.29. The van der Waals surface area contributed by atoms with Crippen LogP contribution in [0.2, 0.25) is 0 Å². The van der Waals surface area contributed by atoms with E-state index in [0.29, 0.717) is 10.7 Å². The van der Waals surface area contributed by atoms with Gasteiger partial charge in [-0.3, -0.25) is 4.98 Å². The van der Waals surface area contributed by atoms with Gasteiger partial charge in [0.2, 0.25) is 0 Å². The lowest BCUT2D eigenvalue weighted by Crippen LogP contribution is -2.41. The van der Waals surface area contributed by atoms with Gasteiger partial charge in [-0.15, -0.1) is 0 Å². The second-order valence-corrected chi connectivity index (χ2v) is 4.33. The minimum absolute atomic E-state index is 0.268. The van der Waals surface area contributed by atoms with Crippen LogP contribution < -0.4 is 10.6 Å². The van der Waals surface area contributed by atoms with E-state index in [9.17, 15) is 0 Å². The Labute approximate surface area is 100 Å². The maximum absolute atomic E-state index is 5.50. The van der Waals surface area contributed by atoms with Crippen molar-refractivity contribution in [3.8, 4) is 0 Å². The average Bonchev–Trinajstić information content (AvgIpc) is 2.29. The smallest absolute Gasteiger partial charge is 0.122 e. The highest BCUT2D eigenvalue weighted by molar-refractivity contribution is 7.80. The minimum atomic E-state index is 0.268. The largest absolute Gasteiger partial charge is 0.388 e. The molecule has 2 rings (SSSR count). The van der Waals surface area contributed by atoms with Crippen molar-refractivity contribution in [2.75, 3.05) is 24.6 Å². The third-order valence-corrected chi connectivity index (χ3v) is 2.82. The van der Waals surface area contributed by atoms with Crippen LogP contribution in [0.4, 0.5) is 5.69 Å². The van der Waals surface area contributed by atoms with Crippen molar-refractivity contribution in [3.05, 3.63) is 24.0 Å². The Morgan fingerprint density at radius 1 is 1.62 bits per heavy atom. The molecular weight excluding hydrogens is 222 g/mol. The van der Waals surface area contributed by atoms with Gasteiger partial charge in [0.25, 0.3) is 0 Å². The topological polar surface area (TPSA) is 51.4 Å². The van der Waals surface area contributed by atoms with Gasteiger partial charge in [-0.05, 0) is 19.1 Å². The molecule has 0 saturated carbocycles. The molecule has 0 radical (unpaired) electrons. The van der Waals surface area contributed by atoms with E-state index in [1.165, 1.54) is 0 Å². The number of ether oxygens (including phenoxy) is 1. The molecule has 0 bridgehead atoms. The number of nitrogens with zero attached hydrogens (tertiary/aromatic N) is 2. The molecule has 86 valence electrons. The molecule has 2 N–H and O–H groups in total. The molecule has 0 spiro atoms. The predicted octanol–water partition coefficient (Wildman–Crippen LogP) is 0.941. The van der Waals surface area contributed by atoms with Gasteiger partial charge in [-0.25, -0.2) is 0 Å². The monoisotopic (exact) mass is 237 g/mol. The standard InChI is InChI=1S/C11H15N3OS/c1-8-7-14(4-5-15-8)9-2-3-10(11(12)16)13-6-9/h2-3,6,8H,4-5,7H2,1H3,(H2,12,16). The number of morpholine rings is 1. The fourth-order valence-corrected chi connectivity index (χ4v) is 1.89. The van der Waals surface area contributed by atoms with E-state index in [4.69, 9.17) is 22.7 Å². The summed E-state index contributed by atoms with van der Waals surface area (Å²) in [6.45, 7) is 4.63. The molecule has 1 fully saturated rings. The first kappa shape index (κ1) is 11.3. The Hall–Kier alpha value is -1.20. The van der Waals surface area contributed by atoms with Crippen molar-refractivity contribution in [1.29, 1.82) is 0 Å². The van der Waals surface area contributed by atoms with Gasteiger partial charge in [0.05, 0.1) is 30.3 Å². The van der Waals surface area contributed by atoms with Gasteiger partial charge in [0.15, 0.2) is 0 Å². The molecule has 0 aliphatic carbocycles. The van der Waals surface area contributed by atoms with Gasteiger partial charge < -0.3 is 15.4 Å². The third kappa shape index (κ3) is 2.48. The van der Waals surface area contributed by atoms with Crippen LogP contribution in [0.1, 0.15) is 12.6 Å². The summed E-state index contributed by atoms with van der Waals surface area (Å²) >= 11 is 4.86. The van der Waals surface area contributed by atoms with Crippen LogP contribution in [0.25, 0.3) is 0 Å². The summed E-state index contributed by atoms with van der Waals surface area (Å²) in [5.41, 5.74) is 7.26. The molecule has 1 atom stereocenters. The van der Waals surface area contributed by atoms with Crippen molar-refractivity contribution in [1.82, 2.24) is 4.98 Å². The Morgan fingerprint density at radius 2 is 2.44 bits per heavy atom. The Balaban J connectivity index is 2.11. The lowest BCUT2D eigenvalue weighted by Gasteiger charge is -2.32. The summed E-state index contributed by atoms with van der Waals surface area (Å²) in [7, 11) is 0. The van der Waals surface area contributed by atoms with Gasteiger partial charge in [0, 0.05) is 13.1 Å². The van der Waals surface area contributed by atoms with Gasteiger partial charge >= 0.3 is 0 Å². The first-order valence-corrected chi connectivity index (χ1v) is 5.70. The van der Waals surface area contributed by atoms with Crippen molar-refractivity contribution in [2.24, 2.45) is 5.73 Å². The normalized spacial score (nSPS) is 20.8. The SMILES string of the molecule is CC1CN(c2ccc(C(N)=S)nc2)CCO1. The first-order chi connectivity index (χ1) is 7.66. The molecule has 1 aliphatic heterocycles. The summed E-state index contributed by atoms with van der Waals surface area (Å²) < 4.78 is 5.49. The molecule has 5 heteroatoms. The Kier molecular flexibility index (Phi) is 3.36. The van der Waals surface area contributed by atoms with E-state index >= 15 is 0 Å². The van der Waals surface area contributed by atoms with Crippen LogP contribution >= 0.6 is 12.2 Å². The summed E-state index contributed by atoms with van der Waals surface area (Å²) in [5.74, 6) is 0. The quantitative estimate of drug-likeness (QED) is 0.776. The highest BCUT2D eigenvalue weighted by Crippen LogP contribution is 2.16. The number of thiocarbonyl (C=S) groups is 1. The second-order valence-electron chi connectivity index (χ2n) is 3.89. The van der Waals surface area contributed by atoms with Crippen LogP contribution in [0.5, 0.6) is 0 Å². The highest BCUT2D eigenvalue weighted by Gasteiger charge is 2.17. The van der Waals surface area contributed by atoms with E-state index in [2.05, 4.69) is 16.8 Å². The fraction of sp³-hybridized carbons (Fsp3) is 0.455.